The second-order valence-corrected chi connectivity index (χ2v) is 6.96. The molecule has 2 amide bonds. The third-order valence-electron chi connectivity index (χ3n) is 3.59. The highest BCUT2D eigenvalue weighted by Crippen LogP contribution is 2.29. The molecule has 8 nitrogen and oxygen atoms in total. The van der Waals surface area contributed by atoms with Crippen molar-refractivity contribution < 1.29 is 9.59 Å². The van der Waals surface area contributed by atoms with Crippen molar-refractivity contribution in [1.82, 2.24) is 30.8 Å². The molecule has 0 aliphatic heterocycles. The SMILES string of the molecule is CC(C)NC(=O)CNC(=O)CSCc1nnnn1C1CCCC1. The Balaban J connectivity index is 1.68. The summed E-state index contributed by atoms with van der Waals surface area (Å²) < 4.78 is 1.90. The summed E-state index contributed by atoms with van der Waals surface area (Å²) in [6.07, 6.45) is 4.68. The maximum Gasteiger partial charge on any atom is 0.239 e. The summed E-state index contributed by atoms with van der Waals surface area (Å²) in [5, 5.41) is 17.2. The van der Waals surface area contributed by atoms with Crippen LogP contribution in [0, 0.1) is 0 Å². The predicted molar refractivity (Wildman–Crippen MR) is 87.8 cm³/mol. The minimum atomic E-state index is -0.177. The second kappa shape index (κ2) is 8.85. The molecule has 1 saturated carbocycles. The van der Waals surface area contributed by atoms with E-state index in [4.69, 9.17) is 0 Å². The van der Waals surface area contributed by atoms with Gasteiger partial charge in [0.15, 0.2) is 5.82 Å². The van der Waals surface area contributed by atoms with Gasteiger partial charge in [0.2, 0.25) is 11.8 Å². The molecule has 1 aliphatic carbocycles. The van der Waals surface area contributed by atoms with E-state index in [0.29, 0.717) is 11.8 Å². The molecule has 0 saturated heterocycles. The third-order valence-corrected chi connectivity index (χ3v) is 4.52. The average Bonchev–Trinajstić information content (AvgIpc) is 3.15. The number of amides is 2. The van der Waals surface area contributed by atoms with Crippen molar-refractivity contribution in [2.45, 2.75) is 57.4 Å². The highest BCUT2D eigenvalue weighted by molar-refractivity contribution is 7.99. The van der Waals surface area contributed by atoms with Gasteiger partial charge in [0.05, 0.1) is 24.1 Å². The first-order valence-corrected chi connectivity index (χ1v) is 9.12. The van der Waals surface area contributed by atoms with Crippen LogP contribution in [0.3, 0.4) is 0 Å². The zero-order chi connectivity index (χ0) is 16.7. The highest BCUT2D eigenvalue weighted by Gasteiger charge is 2.21. The molecule has 0 aromatic carbocycles. The van der Waals surface area contributed by atoms with Crippen molar-refractivity contribution in [3.05, 3.63) is 5.82 Å². The van der Waals surface area contributed by atoms with Crippen LogP contribution in [0.5, 0.6) is 0 Å². The van der Waals surface area contributed by atoms with Crippen LogP contribution in [0.2, 0.25) is 0 Å². The van der Waals surface area contributed by atoms with Crippen LogP contribution in [0.15, 0.2) is 0 Å². The van der Waals surface area contributed by atoms with Crippen molar-refractivity contribution in [2.24, 2.45) is 0 Å². The third kappa shape index (κ3) is 5.81. The lowest BCUT2D eigenvalue weighted by Crippen LogP contribution is -2.40. The molecule has 9 heteroatoms. The summed E-state index contributed by atoms with van der Waals surface area (Å²) in [6.45, 7) is 3.77. The fourth-order valence-electron chi connectivity index (χ4n) is 2.58. The van der Waals surface area contributed by atoms with Gasteiger partial charge in [0, 0.05) is 6.04 Å². The van der Waals surface area contributed by atoms with Gasteiger partial charge in [-0.1, -0.05) is 12.8 Å². The highest BCUT2D eigenvalue weighted by atomic mass is 32.2. The molecule has 2 rings (SSSR count). The number of carbonyl (C=O) groups excluding carboxylic acids is 2. The standard InChI is InChI=1S/C14H24N6O2S/c1-10(2)16-13(21)7-15-14(22)9-23-8-12-17-18-19-20(12)11-5-3-4-6-11/h10-11H,3-9H2,1-2H3,(H,15,22)(H,16,21). The average molecular weight is 340 g/mol. The molecule has 1 heterocycles. The van der Waals surface area contributed by atoms with Gasteiger partial charge in [-0.15, -0.1) is 16.9 Å². The van der Waals surface area contributed by atoms with Crippen LogP contribution in [0.4, 0.5) is 0 Å². The predicted octanol–water partition coefficient (Wildman–Crippen LogP) is 0.662. The molecule has 0 bridgehead atoms. The number of hydrogen-bond acceptors (Lipinski definition) is 6. The lowest BCUT2D eigenvalue weighted by molar-refractivity contribution is -0.125. The zero-order valence-electron chi connectivity index (χ0n) is 13.6. The Hall–Kier alpha value is -1.64. The molecular weight excluding hydrogens is 316 g/mol. The van der Waals surface area contributed by atoms with Crippen molar-refractivity contribution >= 4 is 23.6 Å². The molecule has 0 spiro atoms. The molecular formula is C14H24N6O2S. The van der Waals surface area contributed by atoms with Crippen LogP contribution in [0.1, 0.15) is 51.4 Å². The molecule has 1 aromatic heterocycles. The van der Waals surface area contributed by atoms with E-state index in [-0.39, 0.29) is 30.2 Å². The van der Waals surface area contributed by atoms with E-state index in [1.165, 1.54) is 24.6 Å². The van der Waals surface area contributed by atoms with Gasteiger partial charge in [-0.25, -0.2) is 4.68 Å². The van der Waals surface area contributed by atoms with Gasteiger partial charge in [0.25, 0.3) is 0 Å². The lowest BCUT2D eigenvalue weighted by atomic mass is 10.2. The van der Waals surface area contributed by atoms with E-state index < -0.39 is 0 Å². The minimum absolute atomic E-state index is 0.0113. The van der Waals surface area contributed by atoms with E-state index in [1.54, 1.807) is 0 Å². The molecule has 1 aliphatic rings. The van der Waals surface area contributed by atoms with Gasteiger partial charge >= 0.3 is 0 Å². The fraction of sp³-hybridized carbons (Fsp3) is 0.786. The molecule has 1 aromatic rings. The van der Waals surface area contributed by atoms with Crippen molar-refractivity contribution in [3.8, 4) is 0 Å². The molecule has 0 atom stereocenters. The van der Waals surface area contributed by atoms with Crippen molar-refractivity contribution in [3.63, 3.8) is 0 Å². The van der Waals surface area contributed by atoms with Crippen molar-refractivity contribution in [1.29, 1.82) is 0 Å². The van der Waals surface area contributed by atoms with Crippen LogP contribution >= 0.6 is 11.8 Å². The summed E-state index contributed by atoms with van der Waals surface area (Å²) in [5.74, 6) is 1.35. The molecule has 0 unspecified atom stereocenters. The molecule has 2 N–H and O–H groups in total. The molecule has 1 fully saturated rings. The Labute approximate surface area is 140 Å². The number of rotatable bonds is 8. The largest absolute Gasteiger partial charge is 0.352 e. The van der Waals surface area contributed by atoms with Crippen LogP contribution < -0.4 is 10.6 Å². The van der Waals surface area contributed by atoms with Gasteiger partial charge in [0.1, 0.15) is 0 Å². The van der Waals surface area contributed by atoms with E-state index in [2.05, 4.69) is 26.2 Å². The summed E-state index contributed by atoms with van der Waals surface area (Å²) in [6, 6.07) is 0.470. The molecule has 0 radical (unpaired) electrons. The Morgan fingerprint density at radius 2 is 2.04 bits per heavy atom. The van der Waals surface area contributed by atoms with Gasteiger partial charge in [-0.3, -0.25) is 9.59 Å². The number of tetrazole rings is 1. The topological polar surface area (TPSA) is 102 Å². The first-order valence-electron chi connectivity index (χ1n) is 7.97. The number of nitrogens with one attached hydrogen (secondary N) is 2. The van der Waals surface area contributed by atoms with Crippen LogP contribution in [0.25, 0.3) is 0 Å². The smallest absolute Gasteiger partial charge is 0.239 e. The fourth-order valence-corrected chi connectivity index (χ4v) is 3.34. The number of hydrogen-bond donors (Lipinski definition) is 2. The zero-order valence-corrected chi connectivity index (χ0v) is 14.4. The normalized spacial score (nSPS) is 15.1. The van der Waals surface area contributed by atoms with E-state index in [0.717, 1.165) is 18.7 Å². The number of aromatic nitrogens is 4. The molecule has 23 heavy (non-hydrogen) atoms. The van der Waals surface area contributed by atoms with E-state index in [9.17, 15) is 9.59 Å². The maximum absolute atomic E-state index is 11.7. The Morgan fingerprint density at radius 1 is 1.30 bits per heavy atom. The lowest BCUT2D eigenvalue weighted by Gasteiger charge is -2.11. The van der Waals surface area contributed by atoms with Crippen molar-refractivity contribution in [2.75, 3.05) is 12.3 Å². The minimum Gasteiger partial charge on any atom is -0.352 e. The number of carbonyl (C=O) groups is 2. The summed E-state index contributed by atoms with van der Waals surface area (Å²) >= 11 is 1.45. The monoisotopic (exact) mass is 340 g/mol. The summed E-state index contributed by atoms with van der Waals surface area (Å²) in [4.78, 5) is 23.2. The maximum atomic E-state index is 11.7. The van der Waals surface area contributed by atoms with Crippen LogP contribution in [-0.2, 0) is 15.3 Å². The Morgan fingerprint density at radius 3 is 2.74 bits per heavy atom. The van der Waals surface area contributed by atoms with Gasteiger partial charge in [-0.2, -0.15) is 0 Å². The summed E-state index contributed by atoms with van der Waals surface area (Å²) in [7, 11) is 0. The van der Waals surface area contributed by atoms with Crippen LogP contribution in [-0.4, -0.2) is 50.4 Å². The quantitative estimate of drug-likeness (QED) is 0.721. The second-order valence-electron chi connectivity index (χ2n) is 5.97. The van der Waals surface area contributed by atoms with E-state index in [1.807, 2.05) is 18.5 Å². The Bertz CT molecular complexity index is 527. The molecule has 128 valence electrons. The van der Waals surface area contributed by atoms with Gasteiger partial charge < -0.3 is 10.6 Å². The Kier molecular flexibility index (Phi) is 6.82. The summed E-state index contributed by atoms with van der Waals surface area (Å²) in [5.41, 5.74) is 0. The van der Waals surface area contributed by atoms with E-state index >= 15 is 0 Å². The van der Waals surface area contributed by atoms with Gasteiger partial charge in [-0.05, 0) is 37.1 Å². The number of nitrogens with zero attached hydrogens (tertiary/aromatic N) is 4. The first kappa shape index (κ1) is 17.7. The first-order chi connectivity index (χ1) is 11.1. The number of thioether (sulfide) groups is 1.